The zero-order valence-electron chi connectivity index (χ0n) is 11.6. The highest BCUT2D eigenvalue weighted by molar-refractivity contribution is 5.76. The molecule has 0 spiro atoms. The van der Waals surface area contributed by atoms with E-state index in [4.69, 9.17) is 9.47 Å². The van der Waals surface area contributed by atoms with E-state index in [1.165, 1.54) is 25.7 Å². The first-order valence-corrected chi connectivity index (χ1v) is 7.22. The van der Waals surface area contributed by atoms with E-state index >= 15 is 0 Å². The fourth-order valence-corrected chi connectivity index (χ4v) is 2.50. The normalized spacial score (nSPS) is 16.7. The SMILES string of the molecule is CCOc1cc(C=O)ccc1OC1CCCCCC1. The van der Waals surface area contributed by atoms with Crippen molar-refractivity contribution in [2.24, 2.45) is 0 Å². The van der Waals surface area contributed by atoms with Crippen molar-refractivity contribution >= 4 is 6.29 Å². The van der Waals surface area contributed by atoms with E-state index in [1.54, 1.807) is 12.1 Å². The third-order valence-electron chi connectivity index (χ3n) is 3.50. The molecule has 0 radical (unpaired) electrons. The van der Waals surface area contributed by atoms with Gasteiger partial charge >= 0.3 is 0 Å². The summed E-state index contributed by atoms with van der Waals surface area (Å²) in [6, 6.07) is 5.38. The van der Waals surface area contributed by atoms with Gasteiger partial charge in [0.05, 0.1) is 12.7 Å². The number of aldehydes is 1. The second-order valence-electron chi connectivity index (χ2n) is 4.99. The van der Waals surface area contributed by atoms with Crippen molar-refractivity contribution < 1.29 is 14.3 Å². The van der Waals surface area contributed by atoms with Gasteiger partial charge in [-0.15, -0.1) is 0 Å². The molecule has 0 heterocycles. The van der Waals surface area contributed by atoms with E-state index in [1.807, 2.05) is 13.0 Å². The molecule has 0 N–H and O–H groups in total. The fourth-order valence-electron chi connectivity index (χ4n) is 2.50. The Balaban J connectivity index is 2.10. The minimum atomic E-state index is 0.281. The molecule has 1 fully saturated rings. The fraction of sp³-hybridized carbons (Fsp3) is 0.562. The molecule has 3 heteroatoms. The molecule has 1 aliphatic rings. The lowest BCUT2D eigenvalue weighted by Crippen LogP contribution is -2.15. The Hall–Kier alpha value is -1.51. The molecule has 0 amide bonds. The average molecular weight is 262 g/mol. The second kappa shape index (κ2) is 7.17. The lowest BCUT2D eigenvalue weighted by molar-refractivity contribution is 0.112. The summed E-state index contributed by atoms with van der Waals surface area (Å²) in [6.45, 7) is 2.51. The number of rotatable bonds is 5. The molecule has 104 valence electrons. The van der Waals surface area contributed by atoms with Crippen molar-refractivity contribution in [2.75, 3.05) is 6.61 Å². The van der Waals surface area contributed by atoms with E-state index in [0.29, 0.717) is 17.9 Å². The van der Waals surface area contributed by atoms with Gasteiger partial charge in [0.15, 0.2) is 11.5 Å². The number of carbonyl (C=O) groups is 1. The molecule has 1 aromatic carbocycles. The van der Waals surface area contributed by atoms with E-state index < -0.39 is 0 Å². The van der Waals surface area contributed by atoms with Crippen LogP contribution < -0.4 is 9.47 Å². The summed E-state index contributed by atoms with van der Waals surface area (Å²) >= 11 is 0. The van der Waals surface area contributed by atoms with Gasteiger partial charge in [-0.2, -0.15) is 0 Å². The summed E-state index contributed by atoms with van der Waals surface area (Å²) in [6.07, 6.45) is 8.43. The molecule has 0 unspecified atom stereocenters. The molecule has 0 aromatic heterocycles. The second-order valence-corrected chi connectivity index (χ2v) is 4.99. The molecule has 3 nitrogen and oxygen atoms in total. The maximum Gasteiger partial charge on any atom is 0.161 e. The first-order valence-electron chi connectivity index (χ1n) is 7.22. The zero-order valence-corrected chi connectivity index (χ0v) is 11.6. The van der Waals surface area contributed by atoms with E-state index in [9.17, 15) is 4.79 Å². The van der Waals surface area contributed by atoms with Crippen molar-refractivity contribution in [3.63, 3.8) is 0 Å². The van der Waals surface area contributed by atoms with Crippen LogP contribution in [0.2, 0.25) is 0 Å². The lowest BCUT2D eigenvalue weighted by atomic mass is 10.1. The number of benzene rings is 1. The smallest absolute Gasteiger partial charge is 0.161 e. The molecule has 0 saturated heterocycles. The topological polar surface area (TPSA) is 35.5 Å². The summed E-state index contributed by atoms with van der Waals surface area (Å²) < 4.78 is 11.6. The van der Waals surface area contributed by atoms with Crippen LogP contribution in [0.1, 0.15) is 55.8 Å². The third-order valence-corrected chi connectivity index (χ3v) is 3.50. The molecular formula is C16H22O3. The quantitative estimate of drug-likeness (QED) is 0.594. The first-order chi connectivity index (χ1) is 9.33. The molecule has 0 aliphatic heterocycles. The van der Waals surface area contributed by atoms with Gasteiger partial charge < -0.3 is 9.47 Å². The largest absolute Gasteiger partial charge is 0.490 e. The highest BCUT2D eigenvalue weighted by Crippen LogP contribution is 2.31. The van der Waals surface area contributed by atoms with Gasteiger partial charge in [0.2, 0.25) is 0 Å². The number of ether oxygens (including phenoxy) is 2. The van der Waals surface area contributed by atoms with Gasteiger partial charge in [-0.25, -0.2) is 0 Å². The Kier molecular flexibility index (Phi) is 5.25. The Bertz CT molecular complexity index is 406. The van der Waals surface area contributed by atoms with Gasteiger partial charge in [0.25, 0.3) is 0 Å². The Morgan fingerprint density at radius 3 is 2.53 bits per heavy atom. The summed E-state index contributed by atoms with van der Waals surface area (Å²) in [5.41, 5.74) is 0.622. The van der Waals surface area contributed by atoms with Crippen LogP contribution in [0.15, 0.2) is 18.2 Å². The zero-order chi connectivity index (χ0) is 13.5. The van der Waals surface area contributed by atoms with Crippen LogP contribution in [0.5, 0.6) is 11.5 Å². The highest BCUT2D eigenvalue weighted by Gasteiger charge is 2.16. The van der Waals surface area contributed by atoms with Crippen molar-refractivity contribution in [1.29, 1.82) is 0 Å². The molecule has 1 saturated carbocycles. The highest BCUT2D eigenvalue weighted by atomic mass is 16.5. The van der Waals surface area contributed by atoms with Crippen molar-refractivity contribution in [3.05, 3.63) is 23.8 Å². The Morgan fingerprint density at radius 2 is 1.89 bits per heavy atom. The maximum absolute atomic E-state index is 10.8. The van der Waals surface area contributed by atoms with E-state index in [-0.39, 0.29) is 6.10 Å². The molecular weight excluding hydrogens is 240 g/mol. The summed E-state index contributed by atoms with van der Waals surface area (Å²) in [4.78, 5) is 10.8. The van der Waals surface area contributed by atoms with Gasteiger partial charge in [0.1, 0.15) is 6.29 Å². The molecule has 1 aromatic rings. The van der Waals surface area contributed by atoms with E-state index in [0.717, 1.165) is 24.9 Å². The monoisotopic (exact) mass is 262 g/mol. The van der Waals surface area contributed by atoms with Crippen LogP contribution >= 0.6 is 0 Å². The van der Waals surface area contributed by atoms with Crippen LogP contribution in [0.25, 0.3) is 0 Å². The number of carbonyl (C=O) groups excluding carboxylic acids is 1. The Labute approximate surface area is 114 Å². The summed E-state index contributed by atoms with van der Waals surface area (Å²) in [7, 11) is 0. The van der Waals surface area contributed by atoms with Crippen LogP contribution in [0.3, 0.4) is 0 Å². The minimum absolute atomic E-state index is 0.281. The molecule has 0 bridgehead atoms. The lowest BCUT2D eigenvalue weighted by Gasteiger charge is -2.19. The van der Waals surface area contributed by atoms with Crippen LogP contribution in [-0.4, -0.2) is 19.0 Å². The molecule has 1 aliphatic carbocycles. The first kappa shape index (κ1) is 13.9. The van der Waals surface area contributed by atoms with Gasteiger partial charge in [0, 0.05) is 5.56 Å². The number of hydrogen-bond donors (Lipinski definition) is 0. The van der Waals surface area contributed by atoms with Crippen LogP contribution in [0.4, 0.5) is 0 Å². The van der Waals surface area contributed by atoms with Crippen LogP contribution in [0, 0.1) is 0 Å². The summed E-state index contributed by atoms with van der Waals surface area (Å²) in [5.74, 6) is 1.44. The summed E-state index contributed by atoms with van der Waals surface area (Å²) in [5, 5.41) is 0. The van der Waals surface area contributed by atoms with Crippen molar-refractivity contribution in [3.8, 4) is 11.5 Å². The predicted octanol–water partition coefficient (Wildman–Crippen LogP) is 4.00. The van der Waals surface area contributed by atoms with E-state index in [2.05, 4.69) is 0 Å². The standard InChI is InChI=1S/C16H22O3/c1-2-18-16-11-13(12-17)9-10-15(16)19-14-7-5-3-4-6-8-14/h9-12,14H,2-8H2,1H3. The van der Waals surface area contributed by atoms with Crippen LogP contribution in [-0.2, 0) is 0 Å². The van der Waals surface area contributed by atoms with Gasteiger partial charge in [-0.05, 0) is 50.8 Å². The van der Waals surface area contributed by atoms with Gasteiger partial charge in [-0.1, -0.05) is 12.8 Å². The average Bonchev–Trinajstić information content (AvgIpc) is 2.69. The Morgan fingerprint density at radius 1 is 1.16 bits per heavy atom. The maximum atomic E-state index is 10.8. The predicted molar refractivity (Wildman–Crippen MR) is 75.1 cm³/mol. The molecule has 2 rings (SSSR count). The third kappa shape index (κ3) is 3.98. The molecule has 19 heavy (non-hydrogen) atoms. The minimum Gasteiger partial charge on any atom is -0.490 e. The van der Waals surface area contributed by atoms with Gasteiger partial charge in [-0.3, -0.25) is 4.79 Å². The molecule has 0 atom stereocenters. The van der Waals surface area contributed by atoms with Crippen molar-refractivity contribution in [2.45, 2.75) is 51.6 Å². The number of hydrogen-bond acceptors (Lipinski definition) is 3. The van der Waals surface area contributed by atoms with Crippen molar-refractivity contribution in [1.82, 2.24) is 0 Å².